The number of piperidine rings is 1. The lowest BCUT2D eigenvalue weighted by Gasteiger charge is -2.32. The average Bonchev–Trinajstić information content (AvgIpc) is 3.13. The number of anilines is 1. The van der Waals surface area contributed by atoms with E-state index in [1.807, 2.05) is 34.9 Å². The summed E-state index contributed by atoms with van der Waals surface area (Å²) < 4.78 is 3.74. The van der Waals surface area contributed by atoms with E-state index >= 15 is 0 Å². The van der Waals surface area contributed by atoms with Crippen molar-refractivity contribution in [3.05, 3.63) is 52.1 Å². The zero-order valence-corrected chi connectivity index (χ0v) is 15.4. The Balaban J connectivity index is 1.28. The second-order valence-corrected chi connectivity index (χ2v) is 7.70. The quantitative estimate of drug-likeness (QED) is 0.712. The summed E-state index contributed by atoms with van der Waals surface area (Å²) in [6.45, 7) is 2.58. The van der Waals surface area contributed by atoms with Crippen molar-refractivity contribution in [3.63, 3.8) is 0 Å². The minimum atomic E-state index is 0.0570. The van der Waals surface area contributed by atoms with Crippen molar-refractivity contribution in [2.24, 2.45) is 5.92 Å². The highest BCUT2D eigenvalue weighted by molar-refractivity contribution is 5.46. The number of aromatic nitrogens is 5. The Morgan fingerprint density at radius 1 is 1.07 bits per heavy atom. The SMILES string of the molecule is O=c1cc2c(nn1CC1CCN(c3nnc4ccccn34)CC1)CCCC2. The fraction of sp³-hybridized carbons (Fsp3) is 0.500. The minimum Gasteiger partial charge on any atom is -0.341 e. The van der Waals surface area contributed by atoms with E-state index in [1.165, 1.54) is 12.8 Å². The molecule has 0 aromatic carbocycles. The van der Waals surface area contributed by atoms with Crippen LogP contribution in [0.4, 0.5) is 5.95 Å². The lowest BCUT2D eigenvalue weighted by atomic mass is 9.96. The zero-order valence-electron chi connectivity index (χ0n) is 15.4. The lowest BCUT2D eigenvalue weighted by molar-refractivity contribution is 0.330. The maximum Gasteiger partial charge on any atom is 0.267 e. The largest absolute Gasteiger partial charge is 0.341 e. The first-order chi connectivity index (χ1) is 13.3. The van der Waals surface area contributed by atoms with Crippen molar-refractivity contribution in [2.75, 3.05) is 18.0 Å². The van der Waals surface area contributed by atoms with Gasteiger partial charge in [0, 0.05) is 31.9 Å². The molecule has 1 aliphatic carbocycles. The van der Waals surface area contributed by atoms with Crippen molar-refractivity contribution in [1.82, 2.24) is 24.4 Å². The molecule has 0 saturated carbocycles. The van der Waals surface area contributed by atoms with Crippen molar-refractivity contribution in [1.29, 1.82) is 0 Å². The van der Waals surface area contributed by atoms with Crippen molar-refractivity contribution in [3.8, 4) is 0 Å². The third kappa shape index (κ3) is 3.11. The fourth-order valence-electron chi connectivity index (χ4n) is 4.34. The first-order valence-corrected chi connectivity index (χ1v) is 9.92. The molecule has 2 aliphatic rings. The molecule has 0 radical (unpaired) electrons. The third-order valence-corrected chi connectivity index (χ3v) is 5.90. The van der Waals surface area contributed by atoms with Crippen LogP contribution >= 0.6 is 0 Å². The van der Waals surface area contributed by atoms with E-state index in [0.717, 1.165) is 68.2 Å². The Morgan fingerprint density at radius 2 is 1.93 bits per heavy atom. The number of pyridine rings is 1. The van der Waals surface area contributed by atoms with E-state index in [9.17, 15) is 4.79 Å². The predicted octanol–water partition coefficient (Wildman–Crippen LogP) is 2.08. The molecule has 0 N–H and O–H groups in total. The monoisotopic (exact) mass is 364 g/mol. The van der Waals surface area contributed by atoms with E-state index in [1.54, 1.807) is 4.68 Å². The Morgan fingerprint density at radius 3 is 2.81 bits per heavy atom. The van der Waals surface area contributed by atoms with Crippen LogP contribution in [0.15, 0.2) is 35.3 Å². The molecular weight excluding hydrogens is 340 g/mol. The maximum atomic E-state index is 12.4. The molecule has 27 heavy (non-hydrogen) atoms. The van der Waals surface area contributed by atoms with Crippen LogP contribution in [0, 0.1) is 5.92 Å². The highest BCUT2D eigenvalue weighted by Gasteiger charge is 2.24. The van der Waals surface area contributed by atoms with Gasteiger partial charge in [-0.25, -0.2) is 4.68 Å². The van der Waals surface area contributed by atoms with Crippen molar-refractivity contribution >= 4 is 11.6 Å². The summed E-state index contributed by atoms with van der Waals surface area (Å²) in [5, 5.41) is 13.3. The van der Waals surface area contributed by atoms with E-state index < -0.39 is 0 Å². The van der Waals surface area contributed by atoms with Gasteiger partial charge < -0.3 is 4.90 Å². The van der Waals surface area contributed by atoms with Crippen LogP contribution in [0.2, 0.25) is 0 Å². The van der Waals surface area contributed by atoms with Crippen LogP contribution in [0.5, 0.6) is 0 Å². The maximum absolute atomic E-state index is 12.4. The molecule has 7 nitrogen and oxygen atoms in total. The van der Waals surface area contributed by atoms with E-state index in [-0.39, 0.29) is 5.56 Å². The Hall–Kier alpha value is -2.70. The molecule has 7 heteroatoms. The molecule has 3 aromatic rings. The molecule has 5 rings (SSSR count). The topological polar surface area (TPSA) is 68.3 Å². The minimum absolute atomic E-state index is 0.0570. The molecule has 140 valence electrons. The van der Waals surface area contributed by atoms with Crippen molar-refractivity contribution < 1.29 is 0 Å². The van der Waals surface area contributed by atoms with Gasteiger partial charge in [0.1, 0.15) is 0 Å². The zero-order chi connectivity index (χ0) is 18.2. The summed E-state index contributed by atoms with van der Waals surface area (Å²) in [4.78, 5) is 14.7. The van der Waals surface area contributed by atoms with Gasteiger partial charge in [0.25, 0.3) is 5.56 Å². The smallest absolute Gasteiger partial charge is 0.267 e. The number of hydrogen-bond acceptors (Lipinski definition) is 5. The molecule has 1 fully saturated rings. The number of rotatable bonds is 3. The van der Waals surface area contributed by atoms with Gasteiger partial charge in [-0.1, -0.05) is 6.07 Å². The van der Waals surface area contributed by atoms with E-state index in [4.69, 9.17) is 0 Å². The second kappa shape index (κ2) is 6.79. The number of aryl methyl sites for hydroxylation is 2. The first-order valence-electron chi connectivity index (χ1n) is 9.92. The third-order valence-electron chi connectivity index (χ3n) is 5.90. The number of hydrogen-bond donors (Lipinski definition) is 0. The molecule has 0 bridgehead atoms. The van der Waals surface area contributed by atoms with Crippen LogP contribution < -0.4 is 10.5 Å². The summed E-state index contributed by atoms with van der Waals surface area (Å²) in [6.07, 6.45) is 8.45. The van der Waals surface area contributed by atoms with Crippen molar-refractivity contribution in [2.45, 2.75) is 45.1 Å². The molecule has 3 aromatic heterocycles. The van der Waals surface area contributed by atoms with E-state index in [2.05, 4.69) is 20.2 Å². The van der Waals surface area contributed by atoms with Gasteiger partial charge in [-0.15, -0.1) is 10.2 Å². The van der Waals surface area contributed by atoms with Gasteiger partial charge in [-0.2, -0.15) is 5.10 Å². The molecule has 0 unspecified atom stereocenters. The molecule has 0 atom stereocenters. The summed E-state index contributed by atoms with van der Waals surface area (Å²) in [7, 11) is 0. The van der Waals surface area contributed by atoms with Gasteiger partial charge in [-0.3, -0.25) is 9.20 Å². The second-order valence-electron chi connectivity index (χ2n) is 7.70. The van der Waals surface area contributed by atoms with Gasteiger partial charge >= 0.3 is 0 Å². The first kappa shape index (κ1) is 16.5. The summed E-state index contributed by atoms with van der Waals surface area (Å²) in [6, 6.07) is 7.76. The normalized spacial score (nSPS) is 18.0. The molecule has 1 aliphatic heterocycles. The number of fused-ring (bicyclic) bond motifs is 2. The lowest BCUT2D eigenvalue weighted by Crippen LogP contribution is -2.38. The average molecular weight is 364 g/mol. The van der Waals surface area contributed by atoms with E-state index in [0.29, 0.717) is 5.92 Å². The highest BCUT2D eigenvalue weighted by atomic mass is 16.1. The Labute approximate surface area is 157 Å². The van der Waals surface area contributed by atoms with Gasteiger partial charge in [0.05, 0.1) is 5.69 Å². The molecule has 1 saturated heterocycles. The predicted molar refractivity (Wildman–Crippen MR) is 103 cm³/mol. The fourth-order valence-corrected chi connectivity index (χ4v) is 4.34. The summed E-state index contributed by atoms with van der Waals surface area (Å²) in [5.74, 6) is 1.39. The molecule has 0 amide bonds. The van der Waals surface area contributed by atoms with Crippen LogP contribution in [0.1, 0.15) is 36.9 Å². The Kier molecular flexibility index (Phi) is 4.14. The summed E-state index contributed by atoms with van der Waals surface area (Å²) >= 11 is 0. The molecule has 0 spiro atoms. The van der Waals surface area contributed by atoms with Crippen LogP contribution in [-0.4, -0.2) is 37.5 Å². The Bertz CT molecular complexity index is 1010. The van der Waals surface area contributed by atoms with Crippen LogP contribution in [0.25, 0.3) is 5.65 Å². The molecular formula is C20H24N6O. The van der Waals surface area contributed by atoms with Crippen LogP contribution in [0.3, 0.4) is 0 Å². The summed E-state index contributed by atoms with van der Waals surface area (Å²) in [5.41, 5.74) is 3.23. The van der Waals surface area contributed by atoms with Gasteiger partial charge in [0.15, 0.2) is 5.65 Å². The number of nitrogens with zero attached hydrogens (tertiary/aromatic N) is 6. The highest BCUT2D eigenvalue weighted by Crippen LogP contribution is 2.24. The van der Waals surface area contributed by atoms with Crippen LogP contribution in [-0.2, 0) is 19.4 Å². The van der Waals surface area contributed by atoms with Gasteiger partial charge in [-0.05, 0) is 62.1 Å². The molecule has 4 heterocycles. The standard InChI is InChI=1S/C20H24N6O/c27-19-13-16-5-1-2-6-17(16)23-26(19)14-15-8-11-24(12-9-15)20-22-21-18-7-3-4-10-25(18)20/h3-4,7,10,13,15H,1-2,5-6,8-9,11-12,14H2. The van der Waals surface area contributed by atoms with Gasteiger partial charge in [0.2, 0.25) is 5.95 Å².